The molecule has 1 heterocycles. The van der Waals surface area contributed by atoms with E-state index in [9.17, 15) is 0 Å². The van der Waals surface area contributed by atoms with Crippen LogP contribution in [0.4, 0.5) is 0 Å². The Balaban J connectivity index is 1.94. The Labute approximate surface area is 98.2 Å². The third-order valence-electron chi connectivity index (χ3n) is 3.11. The van der Waals surface area contributed by atoms with Crippen LogP contribution in [0.5, 0.6) is 0 Å². The standard InChI is InChI=1S/C14H21NO/c1-3-14-11-15(9-12(2)16-14)10-13-7-5-4-6-8-13/h4-8,12,14H,3,9-11H2,1-2H3. The van der Waals surface area contributed by atoms with E-state index in [-0.39, 0.29) is 0 Å². The van der Waals surface area contributed by atoms with Crippen LogP contribution >= 0.6 is 0 Å². The molecule has 0 N–H and O–H groups in total. The molecule has 0 spiro atoms. The SMILES string of the molecule is CCC1CN(Cc2ccccc2)CC(C)O1. The second kappa shape index (κ2) is 5.46. The fourth-order valence-corrected chi connectivity index (χ4v) is 2.34. The highest BCUT2D eigenvalue weighted by Gasteiger charge is 2.23. The third kappa shape index (κ3) is 3.06. The first-order valence-electron chi connectivity index (χ1n) is 6.19. The minimum atomic E-state index is 0.363. The lowest BCUT2D eigenvalue weighted by Gasteiger charge is -2.36. The molecule has 2 nitrogen and oxygen atoms in total. The lowest BCUT2D eigenvalue weighted by Crippen LogP contribution is -2.45. The molecule has 1 aliphatic heterocycles. The van der Waals surface area contributed by atoms with Crippen LogP contribution < -0.4 is 0 Å². The van der Waals surface area contributed by atoms with Crippen molar-refractivity contribution >= 4 is 0 Å². The molecule has 1 aromatic carbocycles. The van der Waals surface area contributed by atoms with Crippen LogP contribution in [0.3, 0.4) is 0 Å². The molecule has 1 aromatic rings. The van der Waals surface area contributed by atoms with Gasteiger partial charge in [0.2, 0.25) is 0 Å². The van der Waals surface area contributed by atoms with Crippen molar-refractivity contribution in [2.75, 3.05) is 13.1 Å². The van der Waals surface area contributed by atoms with Gasteiger partial charge in [0, 0.05) is 19.6 Å². The molecule has 1 fully saturated rings. The number of morpholine rings is 1. The van der Waals surface area contributed by atoms with Crippen LogP contribution in [-0.4, -0.2) is 30.2 Å². The highest BCUT2D eigenvalue weighted by Crippen LogP contribution is 2.15. The van der Waals surface area contributed by atoms with Gasteiger partial charge in [0.1, 0.15) is 0 Å². The van der Waals surface area contributed by atoms with Crippen molar-refractivity contribution in [3.8, 4) is 0 Å². The van der Waals surface area contributed by atoms with Gasteiger partial charge in [-0.05, 0) is 18.9 Å². The summed E-state index contributed by atoms with van der Waals surface area (Å²) >= 11 is 0. The molecule has 0 radical (unpaired) electrons. The van der Waals surface area contributed by atoms with Crippen LogP contribution in [-0.2, 0) is 11.3 Å². The van der Waals surface area contributed by atoms with Crippen molar-refractivity contribution in [2.45, 2.75) is 39.0 Å². The Morgan fingerprint density at radius 2 is 2.00 bits per heavy atom. The molecule has 1 aliphatic rings. The topological polar surface area (TPSA) is 12.5 Å². The second-order valence-electron chi connectivity index (χ2n) is 4.66. The maximum Gasteiger partial charge on any atom is 0.0703 e. The summed E-state index contributed by atoms with van der Waals surface area (Å²) < 4.78 is 5.86. The number of nitrogens with zero attached hydrogens (tertiary/aromatic N) is 1. The van der Waals surface area contributed by atoms with Crippen LogP contribution in [0.15, 0.2) is 30.3 Å². The zero-order valence-electron chi connectivity index (χ0n) is 10.2. The van der Waals surface area contributed by atoms with Crippen molar-refractivity contribution in [3.05, 3.63) is 35.9 Å². The van der Waals surface area contributed by atoms with E-state index >= 15 is 0 Å². The summed E-state index contributed by atoms with van der Waals surface area (Å²) in [7, 11) is 0. The molecule has 2 atom stereocenters. The Morgan fingerprint density at radius 1 is 1.25 bits per heavy atom. The smallest absolute Gasteiger partial charge is 0.0703 e. The van der Waals surface area contributed by atoms with Crippen molar-refractivity contribution < 1.29 is 4.74 Å². The zero-order valence-corrected chi connectivity index (χ0v) is 10.2. The molecule has 0 bridgehead atoms. The molecule has 0 aliphatic carbocycles. The number of rotatable bonds is 3. The first-order chi connectivity index (χ1) is 7.78. The Morgan fingerprint density at radius 3 is 2.69 bits per heavy atom. The normalized spacial score (nSPS) is 26.9. The van der Waals surface area contributed by atoms with Crippen LogP contribution in [0.25, 0.3) is 0 Å². The molecule has 2 unspecified atom stereocenters. The number of hydrogen-bond donors (Lipinski definition) is 0. The van der Waals surface area contributed by atoms with E-state index in [0.29, 0.717) is 12.2 Å². The van der Waals surface area contributed by atoms with Gasteiger partial charge in [0.15, 0.2) is 0 Å². The van der Waals surface area contributed by atoms with E-state index in [1.54, 1.807) is 0 Å². The Kier molecular flexibility index (Phi) is 3.97. The maximum absolute atomic E-state index is 5.86. The van der Waals surface area contributed by atoms with Gasteiger partial charge >= 0.3 is 0 Å². The largest absolute Gasteiger partial charge is 0.373 e. The Bertz CT molecular complexity index is 312. The molecular weight excluding hydrogens is 198 g/mol. The van der Waals surface area contributed by atoms with E-state index < -0.39 is 0 Å². The summed E-state index contributed by atoms with van der Waals surface area (Å²) in [5, 5.41) is 0. The van der Waals surface area contributed by atoms with E-state index in [2.05, 4.69) is 49.1 Å². The molecule has 2 rings (SSSR count). The Hall–Kier alpha value is -0.860. The summed E-state index contributed by atoms with van der Waals surface area (Å²) in [6.07, 6.45) is 1.88. The average Bonchev–Trinajstić information content (AvgIpc) is 2.29. The predicted octanol–water partition coefficient (Wildman–Crippen LogP) is 2.69. The summed E-state index contributed by atoms with van der Waals surface area (Å²) in [5.74, 6) is 0. The molecule has 0 amide bonds. The molecule has 16 heavy (non-hydrogen) atoms. The maximum atomic E-state index is 5.86. The molecular formula is C14H21NO. The second-order valence-corrected chi connectivity index (χ2v) is 4.66. The van der Waals surface area contributed by atoms with Gasteiger partial charge in [-0.25, -0.2) is 0 Å². The van der Waals surface area contributed by atoms with Gasteiger partial charge in [-0.3, -0.25) is 4.90 Å². The average molecular weight is 219 g/mol. The molecule has 88 valence electrons. The van der Waals surface area contributed by atoms with Crippen molar-refractivity contribution in [2.24, 2.45) is 0 Å². The van der Waals surface area contributed by atoms with Crippen LogP contribution in [0.2, 0.25) is 0 Å². The molecule has 2 heteroatoms. The van der Waals surface area contributed by atoms with Gasteiger partial charge < -0.3 is 4.74 Å². The van der Waals surface area contributed by atoms with E-state index in [4.69, 9.17) is 4.74 Å². The van der Waals surface area contributed by atoms with Gasteiger partial charge in [0.25, 0.3) is 0 Å². The number of ether oxygens (including phenoxy) is 1. The summed E-state index contributed by atoms with van der Waals surface area (Å²) in [5.41, 5.74) is 1.39. The monoisotopic (exact) mass is 219 g/mol. The van der Waals surface area contributed by atoms with Gasteiger partial charge in [0.05, 0.1) is 12.2 Å². The highest BCUT2D eigenvalue weighted by atomic mass is 16.5. The summed E-state index contributed by atoms with van der Waals surface area (Å²) in [6, 6.07) is 10.7. The molecule has 1 saturated heterocycles. The van der Waals surface area contributed by atoms with E-state index in [1.165, 1.54) is 5.56 Å². The van der Waals surface area contributed by atoms with Gasteiger partial charge in [-0.15, -0.1) is 0 Å². The first-order valence-corrected chi connectivity index (χ1v) is 6.19. The van der Waals surface area contributed by atoms with Crippen LogP contribution in [0, 0.1) is 0 Å². The van der Waals surface area contributed by atoms with Gasteiger partial charge in [-0.2, -0.15) is 0 Å². The van der Waals surface area contributed by atoms with Crippen molar-refractivity contribution in [1.29, 1.82) is 0 Å². The van der Waals surface area contributed by atoms with Gasteiger partial charge in [-0.1, -0.05) is 37.3 Å². The summed E-state index contributed by atoms with van der Waals surface area (Å²) in [4.78, 5) is 2.50. The molecule has 0 aromatic heterocycles. The fraction of sp³-hybridized carbons (Fsp3) is 0.571. The summed E-state index contributed by atoms with van der Waals surface area (Å²) in [6.45, 7) is 7.52. The lowest BCUT2D eigenvalue weighted by atomic mass is 10.1. The highest BCUT2D eigenvalue weighted by molar-refractivity contribution is 5.14. The lowest BCUT2D eigenvalue weighted by molar-refractivity contribution is -0.0800. The van der Waals surface area contributed by atoms with E-state index in [1.807, 2.05) is 0 Å². The predicted molar refractivity (Wildman–Crippen MR) is 66.3 cm³/mol. The zero-order chi connectivity index (χ0) is 11.4. The quantitative estimate of drug-likeness (QED) is 0.775. The number of benzene rings is 1. The van der Waals surface area contributed by atoms with E-state index in [0.717, 1.165) is 26.1 Å². The molecule has 0 saturated carbocycles. The van der Waals surface area contributed by atoms with Crippen LogP contribution in [0.1, 0.15) is 25.8 Å². The third-order valence-corrected chi connectivity index (χ3v) is 3.11. The fourth-order valence-electron chi connectivity index (χ4n) is 2.34. The number of hydrogen-bond acceptors (Lipinski definition) is 2. The minimum absolute atomic E-state index is 0.363. The minimum Gasteiger partial charge on any atom is -0.373 e. The van der Waals surface area contributed by atoms with Crippen molar-refractivity contribution in [1.82, 2.24) is 4.90 Å². The van der Waals surface area contributed by atoms with Crippen molar-refractivity contribution in [3.63, 3.8) is 0 Å². The first kappa shape index (κ1) is 11.6.